The molecule has 2 aromatic rings. The Kier molecular flexibility index (Phi) is 5.66. The predicted molar refractivity (Wildman–Crippen MR) is 112 cm³/mol. The minimum atomic E-state index is -1.26. The van der Waals surface area contributed by atoms with E-state index in [1.54, 1.807) is 7.11 Å². The number of aliphatic hydroxyl groups is 1. The quantitative estimate of drug-likeness (QED) is 0.794. The number of benzene rings is 2. The first-order chi connectivity index (χ1) is 13.8. The lowest BCUT2D eigenvalue weighted by Gasteiger charge is -2.47. The summed E-state index contributed by atoms with van der Waals surface area (Å²) in [5.74, 6) is 0.0107. The minimum absolute atomic E-state index is 0.195. The normalized spacial score (nSPS) is 33.3. The molecule has 2 aliphatic rings. The smallest absolute Gasteiger partial charge is 0.164 e. The van der Waals surface area contributed by atoms with Crippen molar-refractivity contribution in [2.45, 2.75) is 67.2 Å². The van der Waals surface area contributed by atoms with Crippen molar-refractivity contribution >= 4 is 11.8 Å². The third-order valence-electron chi connectivity index (χ3n) is 5.46. The molecule has 6 heteroatoms. The summed E-state index contributed by atoms with van der Waals surface area (Å²) in [7, 11) is 1.64. The standard InChI is InChI=1S/C23H28O5S/c1-15-19-20(28-22(2,3)27-19)23(24,14-16-10-12-17(25-4)13-11-16)21(26-15)29-18-8-6-5-7-9-18/h5-13,15,19-21,24H,14H2,1-4H3/t15-,19+,20+,21?,23-/m0/s1. The number of rotatable bonds is 5. The van der Waals surface area contributed by atoms with Crippen LogP contribution in [-0.4, -0.2) is 47.4 Å². The fraction of sp³-hybridized carbons (Fsp3) is 0.478. The van der Waals surface area contributed by atoms with Gasteiger partial charge in [0.2, 0.25) is 0 Å². The van der Waals surface area contributed by atoms with Crippen molar-refractivity contribution in [3.8, 4) is 5.75 Å². The van der Waals surface area contributed by atoms with Gasteiger partial charge >= 0.3 is 0 Å². The van der Waals surface area contributed by atoms with Gasteiger partial charge in [-0.2, -0.15) is 0 Å². The molecule has 0 aliphatic carbocycles. The molecule has 1 N–H and O–H groups in total. The molecule has 2 saturated heterocycles. The maximum absolute atomic E-state index is 12.0. The molecular formula is C23H28O5S. The second-order valence-electron chi connectivity index (χ2n) is 8.14. The third-order valence-corrected chi connectivity index (χ3v) is 6.74. The van der Waals surface area contributed by atoms with Crippen LogP contribution in [0, 0.1) is 0 Å². The van der Waals surface area contributed by atoms with E-state index < -0.39 is 22.9 Å². The topological polar surface area (TPSA) is 57.2 Å². The lowest BCUT2D eigenvalue weighted by atomic mass is 9.83. The minimum Gasteiger partial charge on any atom is -0.497 e. The van der Waals surface area contributed by atoms with Gasteiger partial charge in [-0.25, -0.2) is 0 Å². The first-order valence-electron chi connectivity index (χ1n) is 9.89. The van der Waals surface area contributed by atoms with E-state index in [0.717, 1.165) is 16.2 Å². The van der Waals surface area contributed by atoms with Gasteiger partial charge in [0.15, 0.2) is 5.79 Å². The van der Waals surface area contributed by atoms with Crippen molar-refractivity contribution in [2.24, 2.45) is 0 Å². The van der Waals surface area contributed by atoms with Gasteiger partial charge in [-0.05, 0) is 50.6 Å². The van der Waals surface area contributed by atoms with E-state index in [2.05, 4.69) is 0 Å². The van der Waals surface area contributed by atoms with Crippen molar-refractivity contribution in [3.63, 3.8) is 0 Å². The largest absolute Gasteiger partial charge is 0.497 e. The Morgan fingerprint density at radius 2 is 1.72 bits per heavy atom. The number of hydrogen-bond donors (Lipinski definition) is 1. The Morgan fingerprint density at radius 3 is 2.38 bits per heavy atom. The Balaban J connectivity index is 1.68. The maximum Gasteiger partial charge on any atom is 0.164 e. The van der Waals surface area contributed by atoms with Crippen molar-refractivity contribution in [2.75, 3.05) is 7.11 Å². The maximum atomic E-state index is 12.0. The van der Waals surface area contributed by atoms with Crippen molar-refractivity contribution < 1.29 is 24.1 Å². The van der Waals surface area contributed by atoms with Crippen LogP contribution < -0.4 is 4.74 Å². The average molecular weight is 417 g/mol. The highest BCUT2D eigenvalue weighted by Crippen LogP contribution is 2.48. The zero-order chi connectivity index (χ0) is 20.6. The van der Waals surface area contributed by atoms with Gasteiger partial charge < -0.3 is 24.1 Å². The van der Waals surface area contributed by atoms with Gasteiger partial charge in [0.25, 0.3) is 0 Å². The monoisotopic (exact) mass is 416 g/mol. The summed E-state index contributed by atoms with van der Waals surface area (Å²) in [4.78, 5) is 1.04. The molecule has 0 saturated carbocycles. The molecule has 2 fully saturated rings. The number of thioether (sulfide) groups is 1. The van der Waals surface area contributed by atoms with E-state index in [1.165, 1.54) is 11.8 Å². The van der Waals surface area contributed by atoms with Crippen LogP contribution >= 0.6 is 11.8 Å². The van der Waals surface area contributed by atoms with Gasteiger partial charge in [0, 0.05) is 11.3 Å². The second kappa shape index (κ2) is 7.93. The van der Waals surface area contributed by atoms with Crippen LogP contribution in [0.4, 0.5) is 0 Å². The first-order valence-corrected chi connectivity index (χ1v) is 10.8. The molecule has 0 amide bonds. The molecule has 1 unspecified atom stereocenters. The van der Waals surface area contributed by atoms with Crippen LogP contribution in [0.3, 0.4) is 0 Å². The summed E-state index contributed by atoms with van der Waals surface area (Å²) in [6.45, 7) is 5.74. The van der Waals surface area contributed by atoms with Crippen LogP contribution in [0.1, 0.15) is 26.3 Å². The van der Waals surface area contributed by atoms with Crippen LogP contribution in [0.15, 0.2) is 59.5 Å². The molecule has 0 bridgehead atoms. The molecule has 0 radical (unpaired) electrons. The fourth-order valence-electron chi connectivity index (χ4n) is 4.05. The number of ether oxygens (including phenoxy) is 4. The van der Waals surface area contributed by atoms with Crippen molar-refractivity contribution in [3.05, 3.63) is 60.2 Å². The van der Waals surface area contributed by atoms with E-state index in [1.807, 2.05) is 75.4 Å². The van der Waals surface area contributed by atoms with Gasteiger partial charge in [0.05, 0.1) is 13.2 Å². The van der Waals surface area contributed by atoms with E-state index in [0.29, 0.717) is 6.42 Å². The van der Waals surface area contributed by atoms with Gasteiger partial charge in [-0.15, -0.1) is 0 Å². The molecule has 5 atom stereocenters. The molecule has 156 valence electrons. The summed E-state index contributed by atoms with van der Waals surface area (Å²) in [5.41, 5.74) is -0.780. The van der Waals surface area contributed by atoms with Crippen molar-refractivity contribution in [1.29, 1.82) is 0 Å². The average Bonchev–Trinajstić information content (AvgIpc) is 3.05. The summed E-state index contributed by atoms with van der Waals surface area (Å²) >= 11 is 1.52. The highest BCUT2D eigenvalue weighted by Gasteiger charge is 2.61. The van der Waals surface area contributed by atoms with Gasteiger partial charge in [-0.1, -0.05) is 42.1 Å². The molecule has 2 aromatic carbocycles. The lowest BCUT2D eigenvalue weighted by molar-refractivity contribution is -0.209. The van der Waals surface area contributed by atoms with Crippen LogP contribution in [0.2, 0.25) is 0 Å². The zero-order valence-electron chi connectivity index (χ0n) is 17.2. The molecule has 29 heavy (non-hydrogen) atoms. The summed E-state index contributed by atoms with van der Waals surface area (Å²) in [6, 6.07) is 17.7. The number of hydrogen-bond acceptors (Lipinski definition) is 6. The SMILES string of the molecule is COc1ccc(C[C@@]2(O)C(Sc3ccccc3)O[C@@H](C)[C@H]3OC(C)(C)O[C@H]32)cc1. The summed E-state index contributed by atoms with van der Waals surface area (Å²) in [6.07, 6.45) is -0.640. The molecular weight excluding hydrogens is 388 g/mol. The molecule has 2 aliphatic heterocycles. The Morgan fingerprint density at radius 1 is 1.03 bits per heavy atom. The second-order valence-corrected chi connectivity index (χ2v) is 9.28. The molecule has 4 rings (SSSR count). The lowest BCUT2D eigenvalue weighted by Crippen LogP contribution is -2.64. The van der Waals surface area contributed by atoms with Crippen LogP contribution in [0.5, 0.6) is 5.75 Å². The van der Waals surface area contributed by atoms with E-state index in [9.17, 15) is 5.11 Å². The van der Waals surface area contributed by atoms with E-state index >= 15 is 0 Å². The molecule has 5 nitrogen and oxygen atoms in total. The van der Waals surface area contributed by atoms with Crippen LogP contribution in [0.25, 0.3) is 0 Å². The van der Waals surface area contributed by atoms with Crippen molar-refractivity contribution in [1.82, 2.24) is 0 Å². The third kappa shape index (κ3) is 4.18. The predicted octanol–water partition coefficient (Wildman–Crippen LogP) is 4.03. The highest BCUT2D eigenvalue weighted by atomic mass is 32.2. The highest BCUT2D eigenvalue weighted by molar-refractivity contribution is 7.99. The Hall–Kier alpha value is -1.57. The van der Waals surface area contributed by atoms with Gasteiger partial charge in [-0.3, -0.25) is 0 Å². The van der Waals surface area contributed by atoms with Crippen LogP contribution in [-0.2, 0) is 20.6 Å². The number of fused-ring (bicyclic) bond motifs is 1. The molecule has 0 spiro atoms. The van der Waals surface area contributed by atoms with Gasteiger partial charge in [0.1, 0.15) is 29.0 Å². The summed E-state index contributed by atoms with van der Waals surface area (Å²) in [5, 5.41) is 12.0. The fourth-order valence-corrected chi connectivity index (χ4v) is 5.26. The Labute approximate surface area is 176 Å². The number of methoxy groups -OCH3 is 1. The zero-order valence-corrected chi connectivity index (χ0v) is 18.0. The Bertz CT molecular complexity index is 825. The van der Waals surface area contributed by atoms with E-state index in [4.69, 9.17) is 18.9 Å². The first kappa shape index (κ1) is 20.7. The molecule has 0 aromatic heterocycles. The summed E-state index contributed by atoms with van der Waals surface area (Å²) < 4.78 is 23.9. The van der Waals surface area contributed by atoms with E-state index in [-0.39, 0.29) is 12.2 Å². The molecule has 2 heterocycles.